The van der Waals surface area contributed by atoms with Crippen LogP contribution in [0.4, 0.5) is 20.6 Å². The summed E-state index contributed by atoms with van der Waals surface area (Å²) in [5, 5.41) is 12.7. The van der Waals surface area contributed by atoms with Crippen molar-refractivity contribution in [3.05, 3.63) is 84.2 Å². The minimum absolute atomic E-state index is 0.00673. The number of rotatable bonds is 8. The number of urea groups is 1. The third kappa shape index (κ3) is 6.95. The molecule has 0 aliphatic carbocycles. The summed E-state index contributed by atoms with van der Waals surface area (Å²) in [5.41, 5.74) is 0.720. The molecule has 0 saturated heterocycles. The first-order valence-electron chi connectivity index (χ1n) is 13.1. The van der Waals surface area contributed by atoms with E-state index in [0.717, 1.165) is 24.3 Å². The van der Waals surface area contributed by atoms with Gasteiger partial charge in [-0.15, -0.1) is 0 Å². The first kappa shape index (κ1) is 29.8. The van der Waals surface area contributed by atoms with Gasteiger partial charge in [0, 0.05) is 25.2 Å². The molecule has 0 unspecified atom stereocenters. The molecule has 1 aliphatic heterocycles. The van der Waals surface area contributed by atoms with E-state index in [1.165, 1.54) is 28.0 Å². The number of aliphatic hydroxyl groups excluding tert-OH is 1. The van der Waals surface area contributed by atoms with Gasteiger partial charge in [-0.25, -0.2) is 17.6 Å². The van der Waals surface area contributed by atoms with Gasteiger partial charge in [0.25, 0.3) is 15.9 Å². The van der Waals surface area contributed by atoms with Crippen LogP contribution in [-0.2, 0) is 10.0 Å². The Labute approximate surface area is 238 Å². The van der Waals surface area contributed by atoms with Crippen LogP contribution in [0.5, 0.6) is 5.75 Å². The maximum absolute atomic E-state index is 13.6. The number of hydrogen-bond donors (Lipinski definition) is 3. The number of benzene rings is 3. The van der Waals surface area contributed by atoms with E-state index in [9.17, 15) is 27.5 Å². The zero-order chi connectivity index (χ0) is 29.7. The van der Waals surface area contributed by atoms with E-state index < -0.39 is 33.9 Å². The van der Waals surface area contributed by atoms with Crippen molar-refractivity contribution in [2.24, 2.45) is 5.92 Å². The molecule has 0 radical (unpaired) electrons. The SMILES string of the molecule is C[C@@H]1CN([C@@H](C)CO)C(=O)c2cccc(NS(=O)(=O)c3ccc(F)cc3)c2O[C@H]1CN(C)C(=O)Nc1ccccc1. The Morgan fingerprint density at radius 1 is 1.12 bits per heavy atom. The molecule has 0 saturated carbocycles. The van der Waals surface area contributed by atoms with Gasteiger partial charge in [-0.1, -0.05) is 31.2 Å². The van der Waals surface area contributed by atoms with Crippen molar-refractivity contribution < 1.29 is 32.2 Å². The predicted molar refractivity (Wildman–Crippen MR) is 153 cm³/mol. The van der Waals surface area contributed by atoms with Crippen molar-refractivity contribution in [2.45, 2.75) is 30.9 Å². The standard InChI is InChI=1S/C29H33FN4O6S/c1-19-16-34(20(2)18-35)28(36)24-10-7-11-25(32-41(38,39)23-14-12-21(30)13-15-23)27(24)40-26(19)17-33(3)29(37)31-22-8-5-4-6-9-22/h4-15,19-20,26,32,35H,16-18H2,1-3H3,(H,31,37)/t19-,20+,26+/m1/s1. The molecule has 3 amide bonds. The molecule has 0 aromatic heterocycles. The summed E-state index contributed by atoms with van der Waals surface area (Å²) in [5.74, 6) is -1.36. The molecule has 0 bridgehead atoms. The lowest BCUT2D eigenvalue weighted by molar-refractivity contribution is 0.0373. The van der Waals surface area contributed by atoms with Gasteiger partial charge in [0.05, 0.1) is 35.3 Å². The average Bonchev–Trinajstić information content (AvgIpc) is 2.95. The number of ether oxygens (including phenoxy) is 1. The van der Waals surface area contributed by atoms with Gasteiger partial charge >= 0.3 is 6.03 Å². The second kappa shape index (κ2) is 12.6. The summed E-state index contributed by atoms with van der Waals surface area (Å²) < 4.78 is 48.6. The maximum Gasteiger partial charge on any atom is 0.321 e. The Kier molecular flexibility index (Phi) is 9.14. The normalized spacial score (nSPS) is 17.9. The third-order valence-electron chi connectivity index (χ3n) is 6.88. The fraction of sp³-hybridized carbons (Fsp3) is 0.310. The van der Waals surface area contributed by atoms with Crippen LogP contribution in [0.1, 0.15) is 24.2 Å². The van der Waals surface area contributed by atoms with E-state index in [1.807, 2.05) is 13.0 Å². The first-order valence-corrected chi connectivity index (χ1v) is 14.6. The van der Waals surface area contributed by atoms with Crippen molar-refractivity contribution in [3.63, 3.8) is 0 Å². The fourth-order valence-electron chi connectivity index (χ4n) is 4.45. The largest absolute Gasteiger partial charge is 0.485 e. The van der Waals surface area contributed by atoms with Crippen LogP contribution in [-0.4, -0.2) is 74.2 Å². The Hall–Kier alpha value is -4.16. The summed E-state index contributed by atoms with van der Waals surface area (Å²) in [7, 11) is -2.57. The number of sulfonamides is 1. The molecule has 1 heterocycles. The third-order valence-corrected chi connectivity index (χ3v) is 8.27. The molecule has 3 aromatic carbocycles. The molecule has 3 aromatic rings. The Bertz CT molecular complexity index is 1490. The van der Waals surface area contributed by atoms with Gasteiger partial charge in [0.2, 0.25) is 0 Å². The average molecular weight is 585 g/mol. The molecule has 3 atom stereocenters. The lowest BCUT2D eigenvalue weighted by atomic mass is 9.99. The number of carbonyl (C=O) groups excluding carboxylic acids is 2. The predicted octanol–water partition coefficient (Wildman–Crippen LogP) is 4.01. The number of halogens is 1. The van der Waals surface area contributed by atoms with Gasteiger partial charge < -0.3 is 25.0 Å². The van der Waals surface area contributed by atoms with Crippen molar-refractivity contribution in [1.29, 1.82) is 0 Å². The maximum atomic E-state index is 13.6. The highest BCUT2D eigenvalue weighted by Gasteiger charge is 2.35. The molecular weight excluding hydrogens is 551 g/mol. The van der Waals surface area contributed by atoms with Crippen molar-refractivity contribution >= 4 is 33.3 Å². The van der Waals surface area contributed by atoms with Crippen LogP contribution in [0, 0.1) is 11.7 Å². The first-order chi connectivity index (χ1) is 19.5. The van der Waals surface area contributed by atoms with Gasteiger partial charge in [0.15, 0.2) is 5.75 Å². The molecule has 41 heavy (non-hydrogen) atoms. The number of likely N-dealkylation sites (N-methyl/N-ethyl adjacent to an activating group) is 1. The Morgan fingerprint density at radius 2 is 1.80 bits per heavy atom. The molecule has 1 aliphatic rings. The van der Waals surface area contributed by atoms with Crippen molar-refractivity contribution in [3.8, 4) is 5.75 Å². The summed E-state index contributed by atoms with van der Waals surface area (Å²) in [6.45, 7) is 3.62. The number of anilines is 2. The molecule has 4 rings (SSSR count). The van der Waals surface area contributed by atoms with Gasteiger partial charge in [-0.3, -0.25) is 9.52 Å². The number of fused-ring (bicyclic) bond motifs is 1. The zero-order valence-electron chi connectivity index (χ0n) is 23.0. The highest BCUT2D eigenvalue weighted by molar-refractivity contribution is 7.92. The van der Waals surface area contributed by atoms with Crippen LogP contribution in [0.2, 0.25) is 0 Å². The fourth-order valence-corrected chi connectivity index (χ4v) is 5.51. The van der Waals surface area contributed by atoms with E-state index in [2.05, 4.69) is 10.0 Å². The Morgan fingerprint density at radius 3 is 2.46 bits per heavy atom. The summed E-state index contributed by atoms with van der Waals surface area (Å²) in [4.78, 5) is 29.4. The molecular formula is C29H33FN4O6S. The number of aliphatic hydroxyl groups is 1. The molecule has 0 fully saturated rings. The van der Waals surface area contributed by atoms with E-state index >= 15 is 0 Å². The smallest absolute Gasteiger partial charge is 0.321 e. The molecule has 3 N–H and O–H groups in total. The van der Waals surface area contributed by atoms with Crippen LogP contribution < -0.4 is 14.8 Å². The number of para-hydroxylation sites is 2. The van der Waals surface area contributed by atoms with E-state index in [1.54, 1.807) is 38.2 Å². The summed E-state index contributed by atoms with van der Waals surface area (Å²) >= 11 is 0. The number of carbonyl (C=O) groups is 2. The van der Waals surface area contributed by atoms with Crippen LogP contribution in [0.25, 0.3) is 0 Å². The monoisotopic (exact) mass is 584 g/mol. The van der Waals surface area contributed by atoms with Crippen molar-refractivity contribution in [1.82, 2.24) is 9.80 Å². The summed E-state index contributed by atoms with van der Waals surface area (Å²) in [6, 6.07) is 16.9. The molecule has 0 spiro atoms. The number of nitrogens with zero attached hydrogens (tertiary/aromatic N) is 2. The van der Waals surface area contributed by atoms with Gasteiger partial charge in [-0.2, -0.15) is 0 Å². The van der Waals surface area contributed by atoms with Crippen LogP contribution >= 0.6 is 0 Å². The van der Waals surface area contributed by atoms with Crippen molar-refractivity contribution in [2.75, 3.05) is 36.8 Å². The topological polar surface area (TPSA) is 128 Å². The molecule has 12 heteroatoms. The second-order valence-corrected chi connectivity index (χ2v) is 11.7. The second-order valence-electron chi connectivity index (χ2n) is 10.0. The summed E-state index contributed by atoms with van der Waals surface area (Å²) in [6.07, 6.45) is -0.668. The van der Waals surface area contributed by atoms with Gasteiger partial charge in [-0.05, 0) is 55.5 Å². The van der Waals surface area contributed by atoms with Crippen LogP contribution in [0.3, 0.4) is 0 Å². The highest BCUT2D eigenvalue weighted by Crippen LogP contribution is 2.36. The lowest BCUT2D eigenvalue weighted by Gasteiger charge is -2.38. The van der Waals surface area contributed by atoms with Crippen LogP contribution in [0.15, 0.2) is 77.7 Å². The lowest BCUT2D eigenvalue weighted by Crippen LogP contribution is -2.50. The van der Waals surface area contributed by atoms with Gasteiger partial charge in [0.1, 0.15) is 11.9 Å². The quantitative estimate of drug-likeness (QED) is 0.367. The highest BCUT2D eigenvalue weighted by atomic mass is 32.2. The molecule has 218 valence electrons. The minimum Gasteiger partial charge on any atom is -0.485 e. The Balaban J connectivity index is 1.69. The molecule has 10 nitrogen and oxygen atoms in total. The minimum atomic E-state index is -4.17. The zero-order valence-corrected chi connectivity index (χ0v) is 23.8. The van der Waals surface area contributed by atoms with E-state index in [0.29, 0.717) is 5.69 Å². The number of nitrogens with one attached hydrogen (secondary N) is 2. The number of hydrogen-bond acceptors (Lipinski definition) is 6. The van der Waals surface area contributed by atoms with E-state index in [4.69, 9.17) is 4.74 Å². The van der Waals surface area contributed by atoms with E-state index in [-0.39, 0.29) is 53.5 Å². The number of amides is 3.